The van der Waals surface area contributed by atoms with Crippen molar-refractivity contribution in [1.29, 1.82) is 0 Å². The molecule has 0 bridgehead atoms. The number of rotatable bonds is 9. The molecule has 2 aromatic rings. The third kappa shape index (κ3) is 5.28. The largest absolute Gasteiger partial charge is 0.497 e. The second kappa shape index (κ2) is 12.0. The van der Waals surface area contributed by atoms with Gasteiger partial charge in [0, 0.05) is 30.6 Å². The molecule has 5 atom stereocenters. The van der Waals surface area contributed by atoms with Crippen molar-refractivity contribution in [1.82, 2.24) is 15.5 Å². The fraction of sp³-hybridized carbons (Fsp3) is 0.433. The average molecular weight is 582 g/mol. The lowest BCUT2D eigenvalue weighted by atomic mass is 9.69. The maximum Gasteiger partial charge on any atom is 0.252 e. The van der Waals surface area contributed by atoms with Gasteiger partial charge in [-0.2, -0.15) is 0 Å². The third-order valence-corrected chi connectivity index (χ3v) is 8.22. The first-order valence-electron chi connectivity index (χ1n) is 13.7. The van der Waals surface area contributed by atoms with E-state index in [1.54, 1.807) is 36.3 Å². The lowest BCUT2D eigenvalue weighted by Crippen LogP contribution is -2.56. The average Bonchev–Trinajstić information content (AvgIpc) is 3.24. The number of ether oxygens (including phenoxy) is 3. The molecule has 0 radical (unpaired) electrons. The van der Waals surface area contributed by atoms with E-state index in [0.29, 0.717) is 36.6 Å². The van der Waals surface area contributed by atoms with E-state index in [1.165, 1.54) is 19.2 Å². The number of nitrogens with one attached hydrogen (secondary N) is 2. The summed E-state index contributed by atoms with van der Waals surface area (Å²) in [5, 5.41) is 35.1. The molecule has 0 fully saturated rings. The molecule has 2 heterocycles. The normalized spacial score (nSPS) is 23.4. The number of carbonyl (C=O) groups is 3. The summed E-state index contributed by atoms with van der Waals surface area (Å²) in [6, 6.07) is 7.19. The van der Waals surface area contributed by atoms with Crippen molar-refractivity contribution < 1.29 is 43.9 Å². The van der Waals surface area contributed by atoms with E-state index in [2.05, 4.69) is 10.6 Å². The Hall–Kier alpha value is -4.13. The number of hydrogen-bond donors (Lipinski definition) is 5. The highest BCUT2D eigenvalue weighted by Gasteiger charge is 2.53. The molecule has 3 aliphatic rings. The predicted molar refractivity (Wildman–Crippen MR) is 149 cm³/mol. The summed E-state index contributed by atoms with van der Waals surface area (Å²) in [5.74, 6) is -0.213. The summed E-state index contributed by atoms with van der Waals surface area (Å²) in [6.45, 7) is -0.915. The van der Waals surface area contributed by atoms with Gasteiger partial charge in [0.15, 0.2) is 11.5 Å². The van der Waals surface area contributed by atoms with Gasteiger partial charge in [-0.25, -0.2) is 0 Å². The van der Waals surface area contributed by atoms with E-state index in [-0.39, 0.29) is 18.2 Å². The Morgan fingerprint density at radius 1 is 1.05 bits per heavy atom. The van der Waals surface area contributed by atoms with Crippen molar-refractivity contribution in [2.75, 3.05) is 34.0 Å². The summed E-state index contributed by atoms with van der Waals surface area (Å²) in [5.41, 5.74) is 1.43. The van der Waals surface area contributed by atoms with Crippen molar-refractivity contribution >= 4 is 17.7 Å². The topological polar surface area (TPSA) is 167 Å². The van der Waals surface area contributed by atoms with Crippen LogP contribution in [0.4, 0.5) is 0 Å². The van der Waals surface area contributed by atoms with Crippen LogP contribution in [0.2, 0.25) is 0 Å². The van der Waals surface area contributed by atoms with E-state index in [9.17, 15) is 29.7 Å². The molecule has 12 nitrogen and oxygen atoms in total. The Bertz CT molecular complexity index is 1380. The Kier molecular flexibility index (Phi) is 8.39. The lowest BCUT2D eigenvalue weighted by molar-refractivity contribution is -0.138. The SMILES string of the molecule is COc1ccc(C(=O)N[C@@H](CO)C(=O)N[C@@H](CO)C(=O)N2CC[C@@]34C=C[C@H](O)C[C@@H]3Oc3c(OC)ccc(c34)C2)cc1. The van der Waals surface area contributed by atoms with E-state index in [4.69, 9.17) is 14.2 Å². The van der Waals surface area contributed by atoms with Crippen LogP contribution in [-0.4, -0.2) is 96.2 Å². The summed E-state index contributed by atoms with van der Waals surface area (Å²) in [4.78, 5) is 40.9. The van der Waals surface area contributed by atoms with E-state index < -0.39 is 54.5 Å². The van der Waals surface area contributed by atoms with Crippen LogP contribution in [-0.2, 0) is 21.5 Å². The van der Waals surface area contributed by atoms with Crippen molar-refractivity contribution in [3.63, 3.8) is 0 Å². The highest BCUT2D eigenvalue weighted by molar-refractivity contribution is 5.98. The van der Waals surface area contributed by atoms with Gasteiger partial charge in [0.05, 0.1) is 39.0 Å². The van der Waals surface area contributed by atoms with Crippen LogP contribution in [0.25, 0.3) is 0 Å². The smallest absolute Gasteiger partial charge is 0.252 e. The highest BCUT2D eigenvalue weighted by Crippen LogP contribution is 2.55. The van der Waals surface area contributed by atoms with Gasteiger partial charge in [0.25, 0.3) is 5.91 Å². The number of benzene rings is 2. The quantitative estimate of drug-likeness (QED) is 0.257. The van der Waals surface area contributed by atoms with E-state index in [0.717, 1.165) is 11.1 Å². The van der Waals surface area contributed by atoms with Crippen LogP contribution in [0.15, 0.2) is 48.6 Å². The van der Waals surface area contributed by atoms with Gasteiger partial charge in [0.1, 0.15) is 23.9 Å². The molecule has 2 aliphatic heterocycles. The van der Waals surface area contributed by atoms with Crippen molar-refractivity contribution in [3.05, 3.63) is 65.2 Å². The summed E-state index contributed by atoms with van der Waals surface area (Å²) < 4.78 is 16.9. The van der Waals surface area contributed by atoms with E-state index in [1.807, 2.05) is 12.1 Å². The first-order chi connectivity index (χ1) is 20.2. The number of hydrogen-bond acceptors (Lipinski definition) is 9. The number of methoxy groups -OCH3 is 2. The van der Waals surface area contributed by atoms with Crippen molar-refractivity contribution in [2.24, 2.45) is 0 Å². The molecule has 3 amide bonds. The zero-order valence-corrected chi connectivity index (χ0v) is 23.4. The molecule has 12 heteroatoms. The van der Waals surface area contributed by atoms with Gasteiger partial charge >= 0.3 is 0 Å². The molecule has 42 heavy (non-hydrogen) atoms. The molecule has 0 saturated carbocycles. The lowest BCUT2D eigenvalue weighted by Gasteiger charge is -2.36. The molecule has 5 N–H and O–H groups in total. The summed E-state index contributed by atoms with van der Waals surface area (Å²) in [7, 11) is 3.05. The van der Waals surface area contributed by atoms with E-state index >= 15 is 0 Å². The van der Waals surface area contributed by atoms with Gasteiger partial charge < -0.3 is 45.1 Å². The molecule has 224 valence electrons. The number of aliphatic hydroxyl groups is 3. The number of carbonyl (C=O) groups excluding carboxylic acids is 3. The van der Waals surface area contributed by atoms with Crippen LogP contribution < -0.4 is 24.8 Å². The number of aliphatic hydroxyl groups excluding tert-OH is 3. The Balaban J connectivity index is 1.32. The third-order valence-electron chi connectivity index (χ3n) is 8.22. The minimum Gasteiger partial charge on any atom is -0.497 e. The zero-order valence-electron chi connectivity index (χ0n) is 23.4. The van der Waals surface area contributed by atoms with Gasteiger partial charge in [-0.05, 0) is 42.3 Å². The number of amides is 3. The molecule has 1 aliphatic carbocycles. The van der Waals surface area contributed by atoms with Crippen LogP contribution in [0.1, 0.15) is 34.3 Å². The second-order valence-corrected chi connectivity index (χ2v) is 10.6. The Morgan fingerprint density at radius 2 is 1.79 bits per heavy atom. The molecule has 2 aromatic carbocycles. The van der Waals surface area contributed by atoms with Crippen LogP contribution in [0, 0.1) is 0 Å². The zero-order chi connectivity index (χ0) is 30.0. The Morgan fingerprint density at radius 3 is 2.45 bits per heavy atom. The van der Waals surface area contributed by atoms with Gasteiger partial charge in [-0.1, -0.05) is 18.2 Å². The predicted octanol–water partition coefficient (Wildman–Crippen LogP) is 0.0237. The minimum absolute atomic E-state index is 0.198. The Labute approximate surface area is 242 Å². The monoisotopic (exact) mass is 581 g/mol. The molecular weight excluding hydrogens is 546 g/mol. The fourth-order valence-corrected chi connectivity index (χ4v) is 5.98. The minimum atomic E-state index is -1.35. The highest BCUT2D eigenvalue weighted by atomic mass is 16.5. The summed E-state index contributed by atoms with van der Waals surface area (Å²) >= 11 is 0. The molecule has 1 spiro atoms. The molecule has 0 saturated heterocycles. The van der Waals surface area contributed by atoms with Crippen LogP contribution in [0.3, 0.4) is 0 Å². The molecule has 0 aromatic heterocycles. The first-order valence-corrected chi connectivity index (χ1v) is 13.7. The number of nitrogens with zero attached hydrogens (tertiary/aromatic N) is 1. The standard InChI is InChI=1S/C30H35N3O9/c1-40-20-6-3-17(4-7-20)27(37)31-21(15-34)28(38)32-22(16-35)29(39)33-12-11-30-10-9-19(36)13-24(30)42-26-23(41-2)8-5-18(14-33)25(26)30/h3-10,19,21-22,24,34-36H,11-16H2,1-2H3,(H,31,37)(H,32,38)/t19-,21-,22-,24-,30-/m0/s1. The van der Waals surface area contributed by atoms with Crippen LogP contribution in [0.5, 0.6) is 17.2 Å². The molecule has 5 rings (SSSR count). The molecule has 0 unspecified atom stereocenters. The maximum absolute atomic E-state index is 13.7. The van der Waals surface area contributed by atoms with Gasteiger partial charge in [0.2, 0.25) is 11.8 Å². The van der Waals surface area contributed by atoms with Crippen molar-refractivity contribution in [2.45, 2.75) is 49.1 Å². The molecular formula is C30H35N3O9. The summed E-state index contributed by atoms with van der Waals surface area (Å²) in [6.07, 6.45) is 3.60. The second-order valence-electron chi connectivity index (χ2n) is 10.6. The van der Waals surface area contributed by atoms with Crippen molar-refractivity contribution in [3.8, 4) is 17.2 Å². The van der Waals surface area contributed by atoms with Gasteiger partial charge in [-0.3, -0.25) is 14.4 Å². The van der Waals surface area contributed by atoms with Crippen LogP contribution >= 0.6 is 0 Å². The van der Waals surface area contributed by atoms with Gasteiger partial charge in [-0.15, -0.1) is 0 Å². The fourth-order valence-electron chi connectivity index (χ4n) is 5.98. The first kappa shape index (κ1) is 29.4. The maximum atomic E-state index is 13.7.